The Balaban J connectivity index is 1.75. The van der Waals surface area contributed by atoms with Crippen LogP contribution in [0, 0.1) is 6.92 Å². The number of carbonyl (C=O) groups excluding carboxylic acids is 1. The van der Waals surface area contributed by atoms with Gasteiger partial charge in [-0.05, 0) is 38.0 Å². The van der Waals surface area contributed by atoms with E-state index in [0.29, 0.717) is 18.8 Å². The second-order valence-electron chi connectivity index (χ2n) is 6.23. The third-order valence-corrected chi connectivity index (χ3v) is 4.08. The molecular formula is C18H19F3N4O2. The highest BCUT2D eigenvalue weighted by Crippen LogP contribution is 2.34. The van der Waals surface area contributed by atoms with Crippen LogP contribution in [0.25, 0.3) is 0 Å². The van der Waals surface area contributed by atoms with E-state index in [1.54, 1.807) is 6.92 Å². The van der Waals surface area contributed by atoms with E-state index >= 15 is 0 Å². The molecule has 27 heavy (non-hydrogen) atoms. The largest absolute Gasteiger partial charge is 0.418 e. The molecule has 1 unspecified atom stereocenters. The zero-order valence-electron chi connectivity index (χ0n) is 14.6. The zero-order valence-corrected chi connectivity index (χ0v) is 14.6. The molecule has 0 saturated carbocycles. The van der Waals surface area contributed by atoms with Crippen molar-refractivity contribution < 1.29 is 22.7 Å². The van der Waals surface area contributed by atoms with Crippen LogP contribution in [0.3, 0.4) is 0 Å². The first kappa shape index (κ1) is 19.1. The molecule has 2 aromatic rings. The summed E-state index contributed by atoms with van der Waals surface area (Å²) in [7, 11) is 0. The van der Waals surface area contributed by atoms with E-state index in [9.17, 15) is 18.0 Å². The van der Waals surface area contributed by atoms with E-state index < -0.39 is 17.6 Å². The number of hydrogen-bond acceptors (Lipinski definition) is 5. The number of anilines is 2. The van der Waals surface area contributed by atoms with Crippen molar-refractivity contribution >= 4 is 17.5 Å². The normalized spacial score (nSPS) is 17.0. The molecule has 2 heterocycles. The Kier molecular flexibility index (Phi) is 5.59. The molecule has 1 aliphatic rings. The number of amides is 1. The summed E-state index contributed by atoms with van der Waals surface area (Å²) in [5, 5.41) is 5.30. The SMILES string of the molecule is Cc1cc(C(=O)Nc2ccccc2C(F)(F)F)nc(NCC2CCCO2)n1. The lowest BCUT2D eigenvalue weighted by atomic mass is 10.1. The summed E-state index contributed by atoms with van der Waals surface area (Å²) in [6.07, 6.45) is -2.59. The molecule has 1 aromatic carbocycles. The summed E-state index contributed by atoms with van der Waals surface area (Å²) in [5.74, 6) is -0.503. The number of nitrogens with one attached hydrogen (secondary N) is 2. The average molecular weight is 380 g/mol. The number of carbonyl (C=O) groups is 1. The molecule has 1 amide bonds. The van der Waals surface area contributed by atoms with Crippen molar-refractivity contribution in [2.24, 2.45) is 0 Å². The molecule has 0 bridgehead atoms. The monoisotopic (exact) mass is 380 g/mol. The predicted molar refractivity (Wildman–Crippen MR) is 93.6 cm³/mol. The van der Waals surface area contributed by atoms with Crippen molar-refractivity contribution in [2.45, 2.75) is 32.0 Å². The van der Waals surface area contributed by atoms with Crippen LogP contribution in [0.4, 0.5) is 24.8 Å². The number of nitrogens with zero attached hydrogens (tertiary/aromatic N) is 2. The Labute approximate surface area is 154 Å². The van der Waals surface area contributed by atoms with Crippen molar-refractivity contribution in [2.75, 3.05) is 23.8 Å². The third-order valence-electron chi connectivity index (χ3n) is 4.08. The molecule has 6 nitrogen and oxygen atoms in total. The van der Waals surface area contributed by atoms with Gasteiger partial charge in [-0.15, -0.1) is 0 Å². The van der Waals surface area contributed by atoms with Crippen LogP contribution in [0.5, 0.6) is 0 Å². The first-order valence-corrected chi connectivity index (χ1v) is 8.51. The van der Waals surface area contributed by atoms with Crippen LogP contribution in [0.2, 0.25) is 0 Å². The van der Waals surface area contributed by atoms with Gasteiger partial charge in [0, 0.05) is 18.8 Å². The lowest BCUT2D eigenvalue weighted by molar-refractivity contribution is -0.136. The van der Waals surface area contributed by atoms with Gasteiger partial charge in [-0.25, -0.2) is 9.97 Å². The van der Waals surface area contributed by atoms with E-state index in [4.69, 9.17) is 4.74 Å². The van der Waals surface area contributed by atoms with Gasteiger partial charge in [-0.3, -0.25) is 4.79 Å². The number of hydrogen-bond donors (Lipinski definition) is 2. The number of rotatable bonds is 5. The first-order valence-electron chi connectivity index (χ1n) is 8.51. The van der Waals surface area contributed by atoms with Gasteiger partial charge in [0.15, 0.2) is 0 Å². The Morgan fingerprint density at radius 2 is 2.07 bits per heavy atom. The van der Waals surface area contributed by atoms with Crippen LogP contribution in [-0.2, 0) is 10.9 Å². The Morgan fingerprint density at radius 3 is 2.78 bits per heavy atom. The van der Waals surface area contributed by atoms with Crippen molar-refractivity contribution in [3.8, 4) is 0 Å². The van der Waals surface area contributed by atoms with Crippen LogP contribution >= 0.6 is 0 Å². The standard InChI is InChI=1S/C18H19F3N4O2/c1-11-9-15(25-17(23-11)22-10-12-5-4-8-27-12)16(26)24-14-7-3-2-6-13(14)18(19,20)21/h2-3,6-7,9,12H,4-5,8,10H2,1H3,(H,24,26)(H,22,23,25). The van der Waals surface area contributed by atoms with Crippen molar-refractivity contribution in [1.29, 1.82) is 0 Å². The number of ether oxygens (including phenoxy) is 1. The molecular weight excluding hydrogens is 361 g/mol. The highest BCUT2D eigenvalue weighted by molar-refractivity contribution is 6.03. The molecule has 0 aliphatic carbocycles. The Bertz CT molecular complexity index is 820. The van der Waals surface area contributed by atoms with Gasteiger partial charge >= 0.3 is 6.18 Å². The molecule has 9 heteroatoms. The summed E-state index contributed by atoms with van der Waals surface area (Å²) in [6.45, 7) is 2.90. The highest BCUT2D eigenvalue weighted by Gasteiger charge is 2.33. The lowest BCUT2D eigenvalue weighted by Gasteiger charge is -2.14. The second kappa shape index (κ2) is 7.91. The van der Waals surface area contributed by atoms with E-state index in [1.807, 2.05) is 0 Å². The second-order valence-corrected chi connectivity index (χ2v) is 6.23. The molecule has 144 valence electrons. The van der Waals surface area contributed by atoms with Gasteiger partial charge in [0.25, 0.3) is 5.91 Å². The van der Waals surface area contributed by atoms with Gasteiger partial charge in [0.1, 0.15) is 5.69 Å². The van der Waals surface area contributed by atoms with Gasteiger partial charge in [-0.1, -0.05) is 12.1 Å². The number of alkyl halides is 3. The molecule has 3 rings (SSSR count). The fraction of sp³-hybridized carbons (Fsp3) is 0.389. The van der Waals surface area contributed by atoms with E-state index in [2.05, 4.69) is 20.6 Å². The number of aryl methyl sites for hydroxylation is 1. The molecule has 1 fully saturated rings. The summed E-state index contributed by atoms with van der Waals surface area (Å²) in [6, 6.07) is 6.22. The van der Waals surface area contributed by atoms with Gasteiger partial charge in [0.05, 0.1) is 17.4 Å². The first-order chi connectivity index (χ1) is 12.8. The highest BCUT2D eigenvalue weighted by atomic mass is 19.4. The van der Waals surface area contributed by atoms with Crippen molar-refractivity contribution in [1.82, 2.24) is 9.97 Å². The van der Waals surface area contributed by atoms with Crippen LogP contribution in [-0.4, -0.2) is 35.1 Å². The minimum absolute atomic E-state index is 0.0192. The van der Waals surface area contributed by atoms with E-state index in [0.717, 1.165) is 18.9 Å². The zero-order chi connectivity index (χ0) is 19.4. The van der Waals surface area contributed by atoms with Crippen LogP contribution in [0.1, 0.15) is 34.6 Å². The van der Waals surface area contributed by atoms with Crippen molar-refractivity contribution in [3.05, 3.63) is 47.3 Å². The molecule has 0 radical (unpaired) electrons. The number of benzene rings is 1. The van der Waals surface area contributed by atoms with Gasteiger partial charge < -0.3 is 15.4 Å². The predicted octanol–water partition coefficient (Wildman–Crippen LogP) is 3.65. The fourth-order valence-electron chi connectivity index (χ4n) is 2.80. The maximum Gasteiger partial charge on any atom is 0.418 e. The maximum absolute atomic E-state index is 13.1. The molecule has 2 N–H and O–H groups in total. The Morgan fingerprint density at radius 1 is 1.30 bits per heavy atom. The third kappa shape index (κ3) is 4.94. The summed E-state index contributed by atoms with van der Waals surface area (Å²) in [5.41, 5.74) is -0.732. The number of halogens is 3. The molecule has 0 spiro atoms. The molecule has 1 atom stereocenters. The van der Waals surface area contributed by atoms with Crippen molar-refractivity contribution in [3.63, 3.8) is 0 Å². The molecule has 1 saturated heterocycles. The maximum atomic E-state index is 13.1. The Hall–Kier alpha value is -2.68. The molecule has 1 aliphatic heterocycles. The summed E-state index contributed by atoms with van der Waals surface area (Å²) < 4.78 is 44.7. The molecule has 1 aromatic heterocycles. The summed E-state index contributed by atoms with van der Waals surface area (Å²) in [4.78, 5) is 20.8. The van der Waals surface area contributed by atoms with Crippen LogP contribution < -0.4 is 10.6 Å². The van der Waals surface area contributed by atoms with E-state index in [1.165, 1.54) is 24.3 Å². The fourth-order valence-corrected chi connectivity index (χ4v) is 2.80. The lowest BCUT2D eigenvalue weighted by Crippen LogP contribution is -2.22. The topological polar surface area (TPSA) is 76.1 Å². The van der Waals surface area contributed by atoms with Gasteiger partial charge in [0.2, 0.25) is 5.95 Å². The quantitative estimate of drug-likeness (QED) is 0.828. The number of para-hydroxylation sites is 1. The average Bonchev–Trinajstić information content (AvgIpc) is 3.12. The minimum Gasteiger partial charge on any atom is -0.376 e. The summed E-state index contributed by atoms with van der Waals surface area (Å²) >= 11 is 0. The van der Waals surface area contributed by atoms with Crippen LogP contribution in [0.15, 0.2) is 30.3 Å². The number of aromatic nitrogens is 2. The van der Waals surface area contributed by atoms with Gasteiger partial charge in [-0.2, -0.15) is 13.2 Å². The smallest absolute Gasteiger partial charge is 0.376 e. The minimum atomic E-state index is -4.57. The van der Waals surface area contributed by atoms with E-state index in [-0.39, 0.29) is 23.4 Å².